The van der Waals surface area contributed by atoms with Crippen LogP contribution in [-0.4, -0.2) is 44.5 Å². The number of hydrogen-bond donors (Lipinski definition) is 1. The lowest BCUT2D eigenvalue weighted by molar-refractivity contribution is -0.140. The van der Waals surface area contributed by atoms with Crippen molar-refractivity contribution >= 4 is 5.97 Å². The number of nitrogens with zero attached hydrogens (tertiary/aromatic N) is 4. The van der Waals surface area contributed by atoms with Gasteiger partial charge in [-0.2, -0.15) is 0 Å². The van der Waals surface area contributed by atoms with Gasteiger partial charge in [-0.3, -0.25) is 4.79 Å². The molecule has 0 aliphatic rings. The third-order valence-corrected chi connectivity index (χ3v) is 3.02. The molecule has 0 bridgehead atoms. The number of aromatic nitrogens is 4. The predicted octanol–water partition coefficient (Wildman–Crippen LogP) is 1.07. The number of hydrogen-bond acceptors (Lipinski definition) is 5. The third-order valence-electron chi connectivity index (χ3n) is 3.02. The second-order valence-electron chi connectivity index (χ2n) is 4.19. The molecule has 0 aliphatic carbocycles. The molecule has 1 N–H and O–H groups in total. The highest BCUT2D eigenvalue weighted by Crippen LogP contribution is 2.20. The third kappa shape index (κ3) is 3.76. The van der Waals surface area contributed by atoms with Crippen LogP contribution in [0.4, 0.5) is 0 Å². The number of rotatable bonds is 8. The highest BCUT2D eigenvalue weighted by Gasteiger charge is 2.20. The molecule has 0 aromatic carbocycles. The summed E-state index contributed by atoms with van der Waals surface area (Å²) in [4.78, 5) is 10.7. The fraction of sp³-hybridized carbons (Fsp3) is 0.818. The maximum absolute atomic E-state index is 10.7. The van der Waals surface area contributed by atoms with Crippen LogP contribution in [0.2, 0.25) is 0 Å². The maximum Gasteiger partial charge on any atom is 0.306 e. The van der Waals surface area contributed by atoms with E-state index in [1.165, 1.54) is 7.11 Å². The van der Waals surface area contributed by atoms with Gasteiger partial charge in [0.05, 0.1) is 19.1 Å². The van der Waals surface area contributed by atoms with Crippen molar-refractivity contribution in [2.45, 2.75) is 51.7 Å². The fourth-order valence-corrected chi connectivity index (χ4v) is 1.90. The standard InChI is InChI=1S/C11H20N4O3/c1-4-8(5-2)11-12-13-14-15(11)7-9(18-3)6-10(16)17/h8-9H,4-7H2,1-3H3,(H,16,17). The van der Waals surface area contributed by atoms with Crippen molar-refractivity contribution in [1.82, 2.24) is 20.2 Å². The van der Waals surface area contributed by atoms with E-state index in [0.29, 0.717) is 12.5 Å². The molecule has 1 heterocycles. The second kappa shape index (κ2) is 7.05. The Balaban J connectivity index is 2.77. The van der Waals surface area contributed by atoms with Gasteiger partial charge in [0.15, 0.2) is 5.82 Å². The zero-order valence-electron chi connectivity index (χ0n) is 11.0. The summed E-state index contributed by atoms with van der Waals surface area (Å²) in [6.45, 7) is 4.53. The quantitative estimate of drug-likeness (QED) is 0.748. The summed E-state index contributed by atoms with van der Waals surface area (Å²) in [5, 5.41) is 20.4. The average molecular weight is 256 g/mol. The van der Waals surface area contributed by atoms with E-state index in [0.717, 1.165) is 18.7 Å². The van der Waals surface area contributed by atoms with Crippen LogP contribution in [0, 0.1) is 0 Å². The van der Waals surface area contributed by atoms with Gasteiger partial charge >= 0.3 is 5.97 Å². The van der Waals surface area contributed by atoms with E-state index >= 15 is 0 Å². The van der Waals surface area contributed by atoms with Crippen LogP contribution in [0.25, 0.3) is 0 Å². The first-order valence-electron chi connectivity index (χ1n) is 6.12. The van der Waals surface area contributed by atoms with E-state index in [2.05, 4.69) is 29.4 Å². The second-order valence-corrected chi connectivity index (χ2v) is 4.19. The number of carboxylic acids is 1. The summed E-state index contributed by atoms with van der Waals surface area (Å²) in [6, 6.07) is 0. The van der Waals surface area contributed by atoms with E-state index < -0.39 is 12.1 Å². The molecule has 7 heteroatoms. The molecule has 0 fully saturated rings. The lowest BCUT2D eigenvalue weighted by atomic mass is 10.0. The molecule has 1 aromatic rings. The molecule has 1 rings (SSSR count). The van der Waals surface area contributed by atoms with Crippen LogP contribution >= 0.6 is 0 Å². The van der Waals surface area contributed by atoms with Crippen LogP contribution in [0.3, 0.4) is 0 Å². The van der Waals surface area contributed by atoms with Crippen molar-refractivity contribution in [2.24, 2.45) is 0 Å². The summed E-state index contributed by atoms with van der Waals surface area (Å²) < 4.78 is 6.79. The molecular weight excluding hydrogens is 236 g/mol. The number of carboxylic acid groups (broad SMARTS) is 1. The predicted molar refractivity (Wildman–Crippen MR) is 64.2 cm³/mol. The Morgan fingerprint density at radius 3 is 2.61 bits per heavy atom. The minimum absolute atomic E-state index is 0.0568. The fourth-order valence-electron chi connectivity index (χ4n) is 1.90. The van der Waals surface area contributed by atoms with Crippen molar-refractivity contribution < 1.29 is 14.6 Å². The van der Waals surface area contributed by atoms with Crippen LogP contribution in [0.1, 0.15) is 44.9 Å². The summed E-state index contributed by atoms with van der Waals surface area (Å²) in [5.74, 6) is 0.203. The first-order valence-corrected chi connectivity index (χ1v) is 6.12. The first-order chi connectivity index (χ1) is 8.62. The van der Waals surface area contributed by atoms with Gasteiger partial charge in [0, 0.05) is 13.0 Å². The molecule has 1 aromatic heterocycles. The Bertz CT molecular complexity index is 376. The summed E-state index contributed by atoms with van der Waals surface area (Å²) in [5.41, 5.74) is 0. The molecular formula is C11H20N4O3. The van der Waals surface area contributed by atoms with E-state index in [9.17, 15) is 4.79 Å². The largest absolute Gasteiger partial charge is 0.481 e. The van der Waals surface area contributed by atoms with Crippen LogP contribution in [0.15, 0.2) is 0 Å². The number of aliphatic carboxylic acids is 1. The number of tetrazole rings is 1. The molecule has 102 valence electrons. The van der Waals surface area contributed by atoms with Crippen LogP contribution in [0.5, 0.6) is 0 Å². The highest BCUT2D eigenvalue weighted by molar-refractivity contribution is 5.67. The minimum atomic E-state index is -0.890. The lowest BCUT2D eigenvalue weighted by Crippen LogP contribution is -2.24. The Kier molecular flexibility index (Phi) is 5.70. The highest BCUT2D eigenvalue weighted by atomic mass is 16.5. The van der Waals surface area contributed by atoms with Crippen molar-refractivity contribution in [2.75, 3.05) is 7.11 Å². The van der Waals surface area contributed by atoms with E-state index in [1.54, 1.807) is 4.68 Å². The molecule has 0 radical (unpaired) electrons. The maximum atomic E-state index is 10.7. The van der Waals surface area contributed by atoms with Crippen LogP contribution in [-0.2, 0) is 16.1 Å². The van der Waals surface area contributed by atoms with Crippen molar-refractivity contribution in [3.63, 3.8) is 0 Å². The zero-order chi connectivity index (χ0) is 13.5. The van der Waals surface area contributed by atoms with Gasteiger partial charge in [0.2, 0.25) is 0 Å². The molecule has 7 nitrogen and oxygen atoms in total. The van der Waals surface area contributed by atoms with Gasteiger partial charge in [-0.15, -0.1) is 5.10 Å². The number of ether oxygens (including phenoxy) is 1. The molecule has 1 atom stereocenters. The topological polar surface area (TPSA) is 90.1 Å². The van der Waals surface area contributed by atoms with Gasteiger partial charge in [-0.25, -0.2) is 4.68 Å². The molecule has 0 spiro atoms. The summed E-state index contributed by atoms with van der Waals surface area (Å²) >= 11 is 0. The van der Waals surface area contributed by atoms with Crippen molar-refractivity contribution in [1.29, 1.82) is 0 Å². The Morgan fingerprint density at radius 2 is 2.11 bits per heavy atom. The average Bonchev–Trinajstić information content (AvgIpc) is 2.78. The van der Waals surface area contributed by atoms with Gasteiger partial charge in [-0.05, 0) is 23.3 Å². The monoisotopic (exact) mass is 256 g/mol. The van der Waals surface area contributed by atoms with E-state index in [4.69, 9.17) is 9.84 Å². The molecule has 0 saturated heterocycles. The minimum Gasteiger partial charge on any atom is -0.481 e. The molecule has 0 saturated carbocycles. The Morgan fingerprint density at radius 1 is 1.44 bits per heavy atom. The van der Waals surface area contributed by atoms with Gasteiger partial charge in [-0.1, -0.05) is 13.8 Å². The zero-order valence-corrected chi connectivity index (χ0v) is 11.0. The Labute approximate surface area is 106 Å². The number of carbonyl (C=O) groups is 1. The SMILES string of the molecule is CCC(CC)c1nnnn1CC(CC(=O)O)OC. The number of methoxy groups -OCH3 is 1. The summed E-state index contributed by atoms with van der Waals surface area (Å²) in [6.07, 6.45) is 1.43. The smallest absolute Gasteiger partial charge is 0.306 e. The van der Waals surface area contributed by atoms with E-state index in [1.807, 2.05) is 0 Å². The molecule has 18 heavy (non-hydrogen) atoms. The van der Waals surface area contributed by atoms with Crippen LogP contribution < -0.4 is 0 Å². The summed E-state index contributed by atoms with van der Waals surface area (Å²) in [7, 11) is 1.49. The lowest BCUT2D eigenvalue weighted by Gasteiger charge is -2.16. The van der Waals surface area contributed by atoms with Gasteiger partial charge < -0.3 is 9.84 Å². The molecule has 1 unspecified atom stereocenters. The molecule has 0 aliphatic heterocycles. The van der Waals surface area contributed by atoms with E-state index in [-0.39, 0.29) is 6.42 Å². The van der Waals surface area contributed by atoms with Gasteiger partial charge in [0.25, 0.3) is 0 Å². The Hall–Kier alpha value is -1.50. The van der Waals surface area contributed by atoms with Crippen molar-refractivity contribution in [3.05, 3.63) is 5.82 Å². The first kappa shape index (κ1) is 14.6. The molecule has 0 amide bonds. The normalized spacial score (nSPS) is 12.9. The van der Waals surface area contributed by atoms with Crippen molar-refractivity contribution in [3.8, 4) is 0 Å². The van der Waals surface area contributed by atoms with Gasteiger partial charge in [0.1, 0.15) is 0 Å².